The molecule has 2 aromatic rings. The molecule has 2 fully saturated rings. The third-order valence-electron chi connectivity index (χ3n) is 5.73. The number of nitrogens with zero attached hydrogens (tertiary/aromatic N) is 2. The summed E-state index contributed by atoms with van der Waals surface area (Å²) in [4.78, 5) is 31.1. The number of thioether (sulfide) groups is 1. The third-order valence-corrected chi connectivity index (χ3v) is 7.52. The van der Waals surface area contributed by atoms with Crippen LogP contribution < -0.4 is 9.47 Å². The summed E-state index contributed by atoms with van der Waals surface area (Å²) in [7, 11) is 1.47. The zero-order chi connectivity index (χ0) is 24.9. The molecule has 10 heteroatoms. The number of aliphatic carboxylic acids is 1. The van der Waals surface area contributed by atoms with E-state index in [4.69, 9.17) is 14.6 Å². The van der Waals surface area contributed by atoms with Gasteiger partial charge in [0.25, 0.3) is 5.91 Å². The first-order valence-electron chi connectivity index (χ1n) is 11.2. The molecule has 184 valence electrons. The molecule has 1 saturated heterocycles. The number of carbonyl (C=O) groups excluding carboxylic acids is 1. The lowest BCUT2D eigenvalue weighted by molar-refractivity contribution is -0.139. The van der Waals surface area contributed by atoms with Crippen molar-refractivity contribution in [2.75, 3.05) is 13.7 Å². The molecule has 7 nitrogen and oxygen atoms in total. The molecule has 1 aliphatic carbocycles. The van der Waals surface area contributed by atoms with Crippen LogP contribution in [0, 0.1) is 9.39 Å². The summed E-state index contributed by atoms with van der Waals surface area (Å²) in [5, 5.41) is 9.40. The number of amidine groups is 1. The van der Waals surface area contributed by atoms with E-state index in [2.05, 4.69) is 4.99 Å². The molecule has 4 rings (SSSR count). The van der Waals surface area contributed by atoms with E-state index in [1.165, 1.54) is 24.9 Å². The van der Waals surface area contributed by atoms with E-state index >= 15 is 0 Å². The van der Waals surface area contributed by atoms with Crippen LogP contribution in [-0.2, 0) is 9.59 Å². The molecule has 1 aliphatic heterocycles. The second-order valence-corrected chi connectivity index (χ2v) is 10.3. The number of methoxy groups -OCH3 is 1. The van der Waals surface area contributed by atoms with Crippen LogP contribution >= 0.6 is 34.4 Å². The average Bonchev–Trinajstić information content (AvgIpc) is 3.14. The third kappa shape index (κ3) is 5.97. The summed E-state index contributed by atoms with van der Waals surface area (Å²) in [5.41, 5.74) is 0.890. The van der Waals surface area contributed by atoms with Crippen LogP contribution in [0.1, 0.15) is 37.7 Å². The second kappa shape index (κ2) is 11.4. The molecule has 0 bridgehead atoms. The first-order valence-corrected chi connectivity index (χ1v) is 13.1. The van der Waals surface area contributed by atoms with Crippen molar-refractivity contribution in [3.05, 3.63) is 56.3 Å². The van der Waals surface area contributed by atoms with Crippen LogP contribution in [0.5, 0.6) is 11.5 Å². The van der Waals surface area contributed by atoms with Crippen LogP contribution in [0.4, 0.5) is 10.1 Å². The molecule has 1 amide bonds. The summed E-state index contributed by atoms with van der Waals surface area (Å²) in [5.74, 6) is -0.993. The fourth-order valence-corrected chi connectivity index (χ4v) is 5.95. The maximum absolute atomic E-state index is 14.3. The van der Waals surface area contributed by atoms with E-state index in [1.807, 2.05) is 22.6 Å². The maximum atomic E-state index is 14.3. The average molecular weight is 610 g/mol. The molecular formula is C25H24FIN2O5S. The van der Waals surface area contributed by atoms with E-state index in [1.54, 1.807) is 41.3 Å². The Morgan fingerprint density at radius 2 is 2.03 bits per heavy atom. The lowest BCUT2D eigenvalue weighted by Crippen LogP contribution is -2.40. The minimum atomic E-state index is -1.09. The van der Waals surface area contributed by atoms with E-state index in [0.29, 0.717) is 30.7 Å². The number of ether oxygens (including phenoxy) is 2. The zero-order valence-electron chi connectivity index (χ0n) is 19.0. The number of carbonyl (C=O) groups is 2. The summed E-state index contributed by atoms with van der Waals surface area (Å²) in [6.45, 7) is -0.493. The topological polar surface area (TPSA) is 88.4 Å². The van der Waals surface area contributed by atoms with Crippen molar-refractivity contribution in [1.29, 1.82) is 0 Å². The Balaban J connectivity index is 1.70. The van der Waals surface area contributed by atoms with E-state index < -0.39 is 18.4 Å². The van der Waals surface area contributed by atoms with Crippen molar-refractivity contribution < 1.29 is 28.6 Å². The van der Waals surface area contributed by atoms with Crippen molar-refractivity contribution in [3.63, 3.8) is 0 Å². The Bertz CT molecular complexity index is 1200. The number of rotatable bonds is 7. The lowest BCUT2D eigenvalue weighted by Gasteiger charge is -2.30. The molecule has 1 N–H and O–H groups in total. The predicted octanol–water partition coefficient (Wildman–Crippen LogP) is 5.84. The van der Waals surface area contributed by atoms with Crippen molar-refractivity contribution in [1.82, 2.24) is 4.90 Å². The minimum absolute atomic E-state index is 0.0293. The number of para-hydroxylation sites is 1. The van der Waals surface area contributed by atoms with E-state index in [0.717, 1.165) is 32.1 Å². The molecular weight excluding hydrogens is 586 g/mol. The van der Waals surface area contributed by atoms with E-state index in [9.17, 15) is 14.0 Å². The molecule has 1 heterocycles. The minimum Gasteiger partial charge on any atom is -0.493 e. The Labute approximate surface area is 220 Å². The van der Waals surface area contributed by atoms with Gasteiger partial charge in [0.05, 0.1) is 15.6 Å². The fourth-order valence-electron chi connectivity index (χ4n) is 4.12. The highest BCUT2D eigenvalue weighted by molar-refractivity contribution is 14.1. The van der Waals surface area contributed by atoms with Crippen LogP contribution in [0.25, 0.3) is 6.08 Å². The normalized spacial score (nSPS) is 18.9. The van der Waals surface area contributed by atoms with Crippen LogP contribution in [0.2, 0.25) is 0 Å². The molecule has 0 aromatic heterocycles. The van der Waals surface area contributed by atoms with Gasteiger partial charge in [0.1, 0.15) is 11.5 Å². The second-order valence-electron chi connectivity index (χ2n) is 8.14. The quantitative estimate of drug-likeness (QED) is 0.313. The standard InChI is InChI=1S/C25H24FIN2O5S/c1-33-20-12-15(11-18(27)23(20)34-14-22(30)31)13-21-24(32)29(16-7-3-2-4-8-16)25(35-21)28-19-10-6-5-9-17(19)26/h5-6,9-13,16H,2-4,7-8,14H2,1H3,(H,30,31)/b21-13-,28-25?. The van der Waals surface area contributed by atoms with Gasteiger partial charge in [-0.15, -0.1) is 0 Å². The highest BCUT2D eigenvalue weighted by atomic mass is 127. The van der Waals surface area contributed by atoms with Crippen LogP contribution in [0.15, 0.2) is 46.3 Å². The number of carboxylic acids is 1. The number of amides is 1. The Morgan fingerprint density at radius 1 is 1.29 bits per heavy atom. The summed E-state index contributed by atoms with van der Waals surface area (Å²) >= 11 is 3.27. The highest BCUT2D eigenvalue weighted by Crippen LogP contribution is 2.40. The van der Waals surface area contributed by atoms with Gasteiger partial charge in [0.2, 0.25) is 0 Å². The number of halogens is 2. The smallest absolute Gasteiger partial charge is 0.341 e. The molecule has 0 spiro atoms. The van der Waals surface area contributed by atoms with Crippen molar-refractivity contribution in [3.8, 4) is 11.5 Å². The summed E-state index contributed by atoms with van der Waals surface area (Å²) in [6, 6.07) is 9.78. The van der Waals surface area contributed by atoms with Gasteiger partial charge in [0.15, 0.2) is 23.3 Å². The molecule has 35 heavy (non-hydrogen) atoms. The first-order chi connectivity index (χ1) is 16.9. The summed E-state index contributed by atoms with van der Waals surface area (Å²) < 4.78 is 25.8. The lowest BCUT2D eigenvalue weighted by atomic mass is 9.94. The fraction of sp³-hybridized carbons (Fsp3) is 0.320. The number of aliphatic imine (C=N–C) groups is 1. The van der Waals surface area contributed by atoms with Gasteiger partial charge in [-0.2, -0.15) is 0 Å². The Morgan fingerprint density at radius 3 is 2.71 bits per heavy atom. The first kappa shape index (κ1) is 25.5. The Hall–Kier alpha value is -2.60. The van der Waals surface area contributed by atoms with Gasteiger partial charge < -0.3 is 14.6 Å². The molecule has 0 atom stereocenters. The number of carboxylic acid groups (broad SMARTS) is 1. The predicted molar refractivity (Wildman–Crippen MR) is 142 cm³/mol. The largest absolute Gasteiger partial charge is 0.493 e. The molecule has 2 aromatic carbocycles. The molecule has 0 radical (unpaired) electrons. The van der Waals surface area contributed by atoms with Gasteiger partial charge in [-0.25, -0.2) is 14.2 Å². The van der Waals surface area contributed by atoms with Crippen molar-refractivity contribution in [2.24, 2.45) is 4.99 Å². The van der Waals surface area contributed by atoms with Gasteiger partial charge in [0, 0.05) is 6.04 Å². The van der Waals surface area contributed by atoms with Gasteiger partial charge in [-0.05, 0) is 83.1 Å². The van der Waals surface area contributed by atoms with Crippen molar-refractivity contribution in [2.45, 2.75) is 38.1 Å². The number of benzene rings is 2. The molecule has 2 aliphatic rings. The maximum Gasteiger partial charge on any atom is 0.341 e. The van der Waals surface area contributed by atoms with Crippen LogP contribution in [-0.4, -0.2) is 46.8 Å². The Kier molecular flexibility index (Phi) is 8.32. The van der Waals surface area contributed by atoms with Gasteiger partial charge >= 0.3 is 5.97 Å². The number of hydrogen-bond donors (Lipinski definition) is 1. The van der Waals surface area contributed by atoms with E-state index in [-0.39, 0.29) is 17.6 Å². The van der Waals surface area contributed by atoms with Gasteiger partial charge in [-0.3, -0.25) is 9.69 Å². The SMILES string of the molecule is COc1cc(/C=C2\SC(=Nc3ccccc3F)N(C3CCCCC3)C2=O)cc(I)c1OCC(=O)O. The monoisotopic (exact) mass is 610 g/mol. The highest BCUT2D eigenvalue weighted by Gasteiger charge is 2.38. The number of hydrogen-bond acceptors (Lipinski definition) is 6. The van der Waals surface area contributed by atoms with Crippen LogP contribution in [0.3, 0.4) is 0 Å². The molecule has 0 unspecified atom stereocenters. The molecule has 1 saturated carbocycles. The van der Waals surface area contributed by atoms with Gasteiger partial charge in [-0.1, -0.05) is 31.4 Å². The summed E-state index contributed by atoms with van der Waals surface area (Å²) in [6.07, 6.45) is 6.74. The van der Waals surface area contributed by atoms with Crippen molar-refractivity contribution >= 4 is 63.2 Å². The zero-order valence-corrected chi connectivity index (χ0v) is 22.0.